The van der Waals surface area contributed by atoms with Crippen LogP contribution in [0.4, 0.5) is 23.1 Å². The van der Waals surface area contributed by atoms with Gasteiger partial charge < -0.3 is 20.3 Å². The summed E-state index contributed by atoms with van der Waals surface area (Å²) in [5.41, 5.74) is 1.38. The molecule has 3 N–H and O–H groups in total. The Bertz CT molecular complexity index is 1360. The first kappa shape index (κ1) is 23.2. The first-order chi connectivity index (χ1) is 15.5. The lowest BCUT2D eigenvalue weighted by Crippen LogP contribution is -2.26. The van der Waals surface area contributed by atoms with Crippen LogP contribution in [-0.4, -0.2) is 43.8 Å². The predicted octanol–water partition coefficient (Wildman–Crippen LogP) is 4.99. The van der Waals surface area contributed by atoms with Gasteiger partial charge in [-0.1, -0.05) is 23.7 Å². The number of anilines is 4. The minimum absolute atomic E-state index is 0.346. The quantitative estimate of drug-likeness (QED) is 0.317. The molecule has 2 aromatic heterocycles. The van der Waals surface area contributed by atoms with E-state index in [0.29, 0.717) is 29.0 Å². The fraction of sp³-hybridized carbons (Fsp3) is 0.261. The van der Waals surface area contributed by atoms with E-state index in [2.05, 4.69) is 25.7 Å². The molecule has 0 bridgehead atoms. The van der Waals surface area contributed by atoms with Gasteiger partial charge in [-0.2, -0.15) is 10.1 Å². The molecule has 33 heavy (non-hydrogen) atoms. The fourth-order valence-electron chi connectivity index (χ4n) is 3.44. The van der Waals surface area contributed by atoms with Crippen molar-refractivity contribution in [3.05, 3.63) is 59.9 Å². The van der Waals surface area contributed by atoms with Gasteiger partial charge in [0.05, 0.1) is 29.5 Å². The van der Waals surface area contributed by atoms with Crippen LogP contribution in [0.25, 0.3) is 10.9 Å². The van der Waals surface area contributed by atoms with Gasteiger partial charge in [-0.05, 0) is 57.5 Å². The van der Waals surface area contributed by atoms with Gasteiger partial charge in [0, 0.05) is 22.6 Å². The maximum absolute atomic E-state index is 12.7. The molecular formula is C23H26ClN6O2P. The second-order valence-electron chi connectivity index (χ2n) is 8.92. The van der Waals surface area contributed by atoms with E-state index >= 15 is 0 Å². The van der Waals surface area contributed by atoms with E-state index in [9.17, 15) is 9.67 Å². The number of para-hydroxylation sites is 1. The van der Waals surface area contributed by atoms with Gasteiger partial charge in [-0.15, -0.1) is 0 Å². The Morgan fingerprint density at radius 2 is 1.91 bits per heavy atom. The van der Waals surface area contributed by atoms with Crippen LogP contribution < -0.4 is 15.9 Å². The molecule has 2 aromatic carbocycles. The van der Waals surface area contributed by atoms with Gasteiger partial charge in [0.15, 0.2) is 5.82 Å². The highest BCUT2D eigenvalue weighted by atomic mass is 35.5. The first-order valence-electron chi connectivity index (χ1n) is 10.4. The molecule has 8 nitrogen and oxygen atoms in total. The Morgan fingerprint density at radius 3 is 2.64 bits per heavy atom. The lowest BCUT2D eigenvalue weighted by atomic mass is 10.1. The summed E-state index contributed by atoms with van der Waals surface area (Å²) in [5.74, 6) is 0.761. The molecule has 0 atom stereocenters. The number of rotatable bonds is 7. The van der Waals surface area contributed by atoms with Crippen LogP contribution in [0.2, 0.25) is 5.02 Å². The molecule has 2 heterocycles. The van der Waals surface area contributed by atoms with Crippen LogP contribution in [0.1, 0.15) is 13.8 Å². The normalized spacial score (nSPS) is 12.2. The van der Waals surface area contributed by atoms with Crippen molar-refractivity contribution in [2.75, 3.05) is 24.0 Å². The summed E-state index contributed by atoms with van der Waals surface area (Å²) in [6.07, 6.45) is 3.41. The second kappa shape index (κ2) is 8.78. The largest absolute Gasteiger partial charge is 0.389 e. The number of aliphatic hydroxyl groups is 1. The molecule has 172 valence electrons. The number of halogens is 1. The molecular weight excluding hydrogens is 459 g/mol. The van der Waals surface area contributed by atoms with E-state index < -0.39 is 12.7 Å². The predicted molar refractivity (Wildman–Crippen MR) is 135 cm³/mol. The number of aromatic nitrogens is 4. The van der Waals surface area contributed by atoms with Gasteiger partial charge in [0.1, 0.15) is 12.2 Å². The highest BCUT2D eigenvalue weighted by Crippen LogP contribution is 2.38. The van der Waals surface area contributed by atoms with Crippen LogP contribution in [0, 0.1) is 0 Å². The Hall–Kier alpha value is -2.93. The summed E-state index contributed by atoms with van der Waals surface area (Å²) in [6.45, 7) is 7.33. The third-order valence-electron chi connectivity index (χ3n) is 4.84. The Kier molecular flexibility index (Phi) is 6.18. The number of hydrogen-bond acceptors (Lipinski definition) is 7. The lowest BCUT2D eigenvalue weighted by molar-refractivity contribution is 0.0580. The molecule has 0 fully saturated rings. The highest BCUT2D eigenvalue weighted by Gasteiger charge is 2.17. The molecule has 0 aliphatic carbocycles. The standard InChI is InChI=1S/C23H26ClN6O2P/c1-23(2,31)14-30-13-15-9-10-16(11-19(15)29-30)26-22-25-12-17(24)21(28-22)27-18-7-5-6-8-20(18)33(3,4)32/h5-13,31H,14H2,1-4H3,(H2,25,26,27,28). The van der Waals surface area contributed by atoms with Crippen molar-refractivity contribution < 1.29 is 9.67 Å². The molecule has 4 aromatic rings. The molecule has 0 spiro atoms. The summed E-state index contributed by atoms with van der Waals surface area (Å²) in [6, 6.07) is 13.1. The van der Waals surface area contributed by atoms with Crippen molar-refractivity contribution in [2.45, 2.75) is 26.0 Å². The molecule has 10 heteroatoms. The number of nitrogens with zero attached hydrogens (tertiary/aromatic N) is 4. The van der Waals surface area contributed by atoms with E-state index in [-0.39, 0.29) is 0 Å². The van der Waals surface area contributed by atoms with E-state index in [1.807, 2.05) is 48.7 Å². The molecule has 0 aliphatic rings. The summed E-state index contributed by atoms with van der Waals surface area (Å²) >= 11 is 6.33. The lowest BCUT2D eigenvalue weighted by Gasteiger charge is -2.16. The zero-order valence-corrected chi connectivity index (χ0v) is 20.5. The zero-order chi connectivity index (χ0) is 23.8. The maximum Gasteiger partial charge on any atom is 0.229 e. The molecule has 0 unspecified atom stereocenters. The number of nitrogens with one attached hydrogen (secondary N) is 2. The van der Waals surface area contributed by atoms with Gasteiger partial charge >= 0.3 is 0 Å². The van der Waals surface area contributed by atoms with Crippen molar-refractivity contribution in [3.63, 3.8) is 0 Å². The Balaban J connectivity index is 1.59. The topological polar surface area (TPSA) is 105 Å². The van der Waals surface area contributed by atoms with Gasteiger partial charge in [0.25, 0.3) is 0 Å². The summed E-state index contributed by atoms with van der Waals surface area (Å²) in [7, 11) is -2.50. The van der Waals surface area contributed by atoms with Crippen LogP contribution in [0.15, 0.2) is 54.9 Å². The monoisotopic (exact) mass is 484 g/mol. The minimum atomic E-state index is -2.50. The Morgan fingerprint density at radius 1 is 1.15 bits per heavy atom. The van der Waals surface area contributed by atoms with Crippen LogP contribution in [-0.2, 0) is 11.1 Å². The summed E-state index contributed by atoms with van der Waals surface area (Å²) in [4.78, 5) is 8.78. The third-order valence-corrected chi connectivity index (χ3v) is 6.67. The van der Waals surface area contributed by atoms with E-state index in [1.165, 1.54) is 6.20 Å². The fourth-order valence-corrected chi connectivity index (χ4v) is 4.74. The van der Waals surface area contributed by atoms with E-state index in [1.54, 1.807) is 31.9 Å². The molecule has 0 saturated heterocycles. The Labute approximate surface area is 197 Å². The van der Waals surface area contributed by atoms with Crippen molar-refractivity contribution in [1.82, 2.24) is 19.7 Å². The number of benzene rings is 2. The van der Waals surface area contributed by atoms with Crippen molar-refractivity contribution in [2.24, 2.45) is 0 Å². The van der Waals surface area contributed by atoms with Crippen LogP contribution in [0.3, 0.4) is 0 Å². The summed E-state index contributed by atoms with van der Waals surface area (Å²) in [5, 5.41) is 23.0. The SMILES string of the molecule is CC(C)(O)Cn1cc2ccc(Nc3ncc(Cl)c(Nc4ccccc4P(C)(C)=O)n3)cc2n1. The molecule has 0 radical (unpaired) electrons. The number of hydrogen-bond donors (Lipinski definition) is 3. The summed E-state index contributed by atoms with van der Waals surface area (Å²) < 4.78 is 14.4. The average molecular weight is 485 g/mol. The van der Waals surface area contributed by atoms with Gasteiger partial charge in [-0.3, -0.25) is 4.68 Å². The van der Waals surface area contributed by atoms with E-state index in [4.69, 9.17) is 11.6 Å². The number of fused-ring (bicyclic) bond motifs is 1. The van der Waals surface area contributed by atoms with Crippen molar-refractivity contribution in [1.29, 1.82) is 0 Å². The average Bonchev–Trinajstić information content (AvgIpc) is 3.09. The second-order valence-corrected chi connectivity index (χ2v) is 12.5. The minimum Gasteiger partial charge on any atom is -0.389 e. The molecule has 4 rings (SSSR count). The van der Waals surface area contributed by atoms with Crippen LogP contribution >= 0.6 is 18.7 Å². The third kappa shape index (κ3) is 5.71. The van der Waals surface area contributed by atoms with Crippen molar-refractivity contribution >= 4 is 58.1 Å². The maximum atomic E-state index is 12.7. The molecule has 0 saturated carbocycles. The van der Waals surface area contributed by atoms with E-state index in [0.717, 1.165) is 21.9 Å². The smallest absolute Gasteiger partial charge is 0.229 e. The highest BCUT2D eigenvalue weighted by molar-refractivity contribution is 7.70. The molecule has 0 aliphatic heterocycles. The van der Waals surface area contributed by atoms with Crippen molar-refractivity contribution in [3.8, 4) is 0 Å². The van der Waals surface area contributed by atoms with Gasteiger partial charge in [0.2, 0.25) is 5.95 Å². The van der Waals surface area contributed by atoms with Crippen LogP contribution in [0.5, 0.6) is 0 Å². The zero-order valence-electron chi connectivity index (χ0n) is 18.9. The molecule has 0 amide bonds. The van der Waals surface area contributed by atoms with Gasteiger partial charge in [-0.25, -0.2) is 4.98 Å². The first-order valence-corrected chi connectivity index (χ1v) is 13.4.